The Kier molecular flexibility index (Phi) is 2.72. The van der Waals surface area contributed by atoms with Crippen molar-refractivity contribution in [3.8, 4) is 17.1 Å². The monoisotopic (exact) mass is 252 g/mol. The van der Waals surface area contributed by atoms with Gasteiger partial charge in [-0.1, -0.05) is 12.1 Å². The van der Waals surface area contributed by atoms with Crippen LogP contribution >= 0.6 is 0 Å². The molecule has 94 valence electrons. The molecule has 0 aliphatic heterocycles. The van der Waals surface area contributed by atoms with Crippen molar-refractivity contribution in [2.75, 3.05) is 12.8 Å². The molecule has 0 fully saturated rings. The summed E-state index contributed by atoms with van der Waals surface area (Å²) in [5.74, 6) is 0.648. The van der Waals surface area contributed by atoms with Crippen LogP contribution in [-0.4, -0.2) is 22.1 Å². The molecule has 0 radical (unpaired) electrons. The molecular formula is C14H12N4O. The lowest BCUT2D eigenvalue weighted by molar-refractivity contribution is 0.398. The van der Waals surface area contributed by atoms with Crippen LogP contribution in [0.4, 0.5) is 5.95 Å². The van der Waals surface area contributed by atoms with Gasteiger partial charge in [0.15, 0.2) is 0 Å². The second kappa shape index (κ2) is 4.53. The molecule has 0 saturated heterocycles. The van der Waals surface area contributed by atoms with Crippen LogP contribution < -0.4 is 10.5 Å². The van der Waals surface area contributed by atoms with E-state index in [2.05, 4.69) is 15.0 Å². The maximum Gasteiger partial charge on any atom is 0.223 e. The van der Waals surface area contributed by atoms with Crippen molar-refractivity contribution < 1.29 is 4.74 Å². The highest BCUT2D eigenvalue weighted by molar-refractivity contribution is 5.83. The summed E-state index contributed by atoms with van der Waals surface area (Å²) in [7, 11) is 1.55. The molecule has 1 aromatic carbocycles. The largest absolute Gasteiger partial charge is 0.481 e. The lowest BCUT2D eigenvalue weighted by Gasteiger charge is -2.06. The molecular weight excluding hydrogens is 240 g/mol. The minimum absolute atomic E-state index is 0.195. The van der Waals surface area contributed by atoms with E-state index in [1.165, 1.54) is 0 Å². The molecule has 0 amide bonds. The summed E-state index contributed by atoms with van der Waals surface area (Å²) in [4.78, 5) is 12.5. The third-order valence-corrected chi connectivity index (χ3v) is 2.83. The molecule has 3 aromatic rings. The summed E-state index contributed by atoms with van der Waals surface area (Å²) in [5, 5.41) is 1.05. The number of nitrogens with zero attached hydrogens (tertiary/aromatic N) is 3. The Morgan fingerprint density at radius 2 is 2.00 bits per heavy atom. The number of nitrogens with two attached hydrogens (primary N) is 1. The normalized spacial score (nSPS) is 10.6. The van der Waals surface area contributed by atoms with Crippen molar-refractivity contribution in [2.24, 2.45) is 0 Å². The molecule has 0 bridgehead atoms. The first-order valence-electron chi connectivity index (χ1n) is 5.80. The molecule has 2 N–H and O–H groups in total. The van der Waals surface area contributed by atoms with E-state index in [0.717, 1.165) is 22.2 Å². The summed E-state index contributed by atoms with van der Waals surface area (Å²) < 4.78 is 5.10. The minimum atomic E-state index is 0.195. The second-order valence-corrected chi connectivity index (χ2v) is 4.06. The molecule has 2 aromatic heterocycles. The predicted octanol–water partition coefficient (Wildman–Crippen LogP) is 2.28. The lowest BCUT2D eigenvalue weighted by atomic mass is 10.1. The Morgan fingerprint density at radius 3 is 2.84 bits per heavy atom. The maximum absolute atomic E-state index is 5.67. The average molecular weight is 252 g/mol. The Balaban J connectivity index is 2.15. The summed E-state index contributed by atoms with van der Waals surface area (Å²) in [5.41, 5.74) is 8.30. The van der Waals surface area contributed by atoms with E-state index in [-0.39, 0.29) is 5.95 Å². The topological polar surface area (TPSA) is 73.9 Å². The highest BCUT2D eigenvalue weighted by atomic mass is 16.5. The highest BCUT2D eigenvalue weighted by Gasteiger charge is 2.06. The van der Waals surface area contributed by atoms with Gasteiger partial charge in [0, 0.05) is 23.2 Å². The van der Waals surface area contributed by atoms with E-state index < -0.39 is 0 Å². The van der Waals surface area contributed by atoms with E-state index >= 15 is 0 Å². The van der Waals surface area contributed by atoms with Crippen LogP contribution in [0.3, 0.4) is 0 Å². The van der Waals surface area contributed by atoms with E-state index in [4.69, 9.17) is 10.5 Å². The number of benzene rings is 1. The van der Waals surface area contributed by atoms with Gasteiger partial charge in [0.2, 0.25) is 11.8 Å². The highest BCUT2D eigenvalue weighted by Crippen LogP contribution is 2.24. The van der Waals surface area contributed by atoms with Crippen LogP contribution in [0.25, 0.3) is 22.2 Å². The number of rotatable bonds is 2. The second-order valence-electron chi connectivity index (χ2n) is 4.06. The van der Waals surface area contributed by atoms with Crippen LogP contribution in [-0.2, 0) is 0 Å². The number of methoxy groups -OCH3 is 1. The van der Waals surface area contributed by atoms with E-state index in [1.54, 1.807) is 19.4 Å². The number of hydrogen-bond acceptors (Lipinski definition) is 5. The van der Waals surface area contributed by atoms with Gasteiger partial charge < -0.3 is 10.5 Å². The number of ether oxygens (including phenoxy) is 1. The smallest absolute Gasteiger partial charge is 0.223 e. The van der Waals surface area contributed by atoms with Gasteiger partial charge in [-0.15, -0.1) is 0 Å². The Labute approximate surface area is 110 Å². The molecule has 0 saturated carbocycles. The molecule has 0 aliphatic rings. The average Bonchev–Trinajstić information content (AvgIpc) is 2.46. The van der Waals surface area contributed by atoms with Gasteiger partial charge in [0.05, 0.1) is 18.3 Å². The van der Waals surface area contributed by atoms with Crippen LogP contribution in [0, 0.1) is 0 Å². The van der Waals surface area contributed by atoms with Crippen molar-refractivity contribution in [3.63, 3.8) is 0 Å². The van der Waals surface area contributed by atoms with Gasteiger partial charge in [-0.3, -0.25) is 4.98 Å². The third kappa shape index (κ3) is 2.18. The minimum Gasteiger partial charge on any atom is -0.481 e. The van der Waals surface area contributed by atoms with E-state index in [0.29, 0.717) is 5.88 Å². The summed E-state index contributed by atoms with van der Waals surface area (Å²) in [6.07, 6.45) is 1.77. The Hall–Kier alpha value is -2.69. The first-order valence-corrected chi connectivity index (χ1v) is 5.80. The number of nitrogen functional groups attached to an aromatic ring is 1. The zero-order valence-corrected chi connectivity index (χ0v) is 10.4. The fourth-order valence-electron chi connectivity index (χ4n) is 1.93. The van der Waals surface area contributed by atoms with Gasteiger partial charge in [0.1, 0.15) is 0 Å². The van der Waals surface area contributed by atoms with Crippen molar-refractivity contribution in [1.29, 1.82) is 0 Å². The van der Waals surface area contributed by atoms with E-state index in [1.807, 2.05) is 30.3 Å². The van der Waals surface area contributed by atoms with Gasteiger partial charge in [-0.25, -0.2) is 4.98 Å². The molecule has 0 atom stereocenters. The third-order valence-electron chi connectivity index (χ3n) is 2.83. The Bertz CT molecular complexity index is 742. The van der Waals surface area contributed by atoms with Gasteiger partial charge in [-0.2, -0.15) is 4.98 Å². The van der Waals surface area contributed by atoms with E-state index in [9.17, 15) is 0 Å². The van der Waals surface area contributed by atoms with Crippen LogP contribution in [0.5, 0.6) is 5.88 Å². The maximum atomic E-state index is 5.67. The number of aromatic nitrogens is 3. The number of pyridine rings is 1. The lowest BCUT2D eigenvalue weighted by Crippen LogP contribution is -1.99. The van der Waals surface area contributed by atoms with Crippen LogP contribution in [0.1, 0.15) is 0 Å². The molecule has 0 unspecified atom stereocenters. The summed E-state index contributed by atoms with van der Waals surface area (Å²) in [6.45, 7) is 0. The fraction of sp³-hybridized carbons (Fsp3) is 0.0714. The first kappa shape index (κ1) is 11.4. The number of hydrogen-bond donors (Lipinski definition) is 1. The first-order chi connectivity index (χ1) is 9.26. The number of anilines is 1. The fourth-order valence-corrected chi connectivity index (χ4v) is 1.93. The van der Waals surface area contributed by atoms with Crippen molar-refractivity contribution >= 4 is 16.9 Å². The SMILES string of the molecule is COc1cc(-c2ccc3ncccc3c2)nc(N)n1. The molecule has 5 heteroatoms. The Morgan fingerprint density at radius 1 is 1.11 bits per heavy atom. The molecule has 19 heavy (non-hydrogen) atoms. The molecule has 2 heterocycles. The zero-order valence-electron chi connectivity index (χ0n) is 10.4. The van der Waals surface area contributed by atoms with Crippen molar-refractivity contribution in [1.82, 2.24) is 15.0 Å². The summed E-state index contributed by atoms with van der Waals surface area (Å²) in [6, 6.07) is 11.6. The van der Waals surface area contributed by atoms with Gasteiger partial charge in [-0.05, 0) is 18.2 Å². The van der Waals surface area contributed by atoms with Gasteiger partial charge >= 0.3 is 0 Å². The molecule has 3 rings (SSSR count). The quantitative estimate of drug-likeness (QED) is 0.757. The predicted molar refractivity (Wildman–Crippen MR) is 73.7 cm³/mol. The van der Waals surface area contributed by atoms with Crippen molar-refractivity contribution in [2.45, 2.75) is 0 Å². The number of fused-ring (bicyclic) bond motifs is 1. The van der Waals surface area contributed by atoms with Crippen molar-refractivity contribution in [3.05, 3.63) is 42.6 Å². The summed E-state index contributed by atoms with van der Waals surface area (Å²) >= 11 is 0. The zero-order chi connectivity index (χ0) is 13.2. The van der Waals surface area contributed by atoms with Crippen LogP contribution in [0.2, 0.25) is 0 Å². The van der Waals surface area contributed by atoms with Gasteiger partial charge in [0.25, 0.3) is 0 Å². The molecule has 0 spiro atoms. The standard InChI is InChI=1S/C14H12N4O/c1-19-13-8-12(17-14(15)18-13)10-4-5-11-9(7-10)3-2-6-16-11/h2-8H,1H3,(H2,15,17,18). The molecule has 5 nitrogen and oxygen atoms in total. The van der Waals surface area contributed by atoms with Crippen LogP contribution in [0.15, 0.2) is 42.6 Å². The molecule has 0 aliphatic carbocycles.